The van der Waals surface area contributed by atoms with Gasteiger partial charge < -0.3 is 10.1 Å². The van der Waals surface area contributed by atoms with E-state index in [2.05, 4.69) is 5.32 Å². The molecule has 12 heteroatoms. The molecule has 0 unspecified atom stereocenters. The van der Waals surface area contributed by atoms with Crippen LogP contribution in [-0.2, 0) is 30.2 Å². The Hall–Kier alpha value is -3.74. The fraction of sp³-hybridized carbons (Fsp3) is 0.174. The van der Waals surface area contributed by atoms with Gasteiger partial charge in [-0.05, 0) is 41.5 Å². The molecule has 0 spiro atoms. The predicted molar refractivity (Wildman–Crippen MR) is 132 cm³/mol. The summed E-state index contributed by atoms with van der Waals surface area (Å²) in [6.07, 6.45) is 0. The van der Waals surface area contributed by atoms with E-state index in [1.807, 2.05) is 12.1 Å². The minimum Gasteiger partial charge on any atom is -0.497 e. The Bertz CT molecular complexity index is 1630. The number of fused-ring (bicyclic) bond motifs is 1. The van der Waals surface area contributed by atoms with Crippen LogP contribution in [0.4, 0.5) is 0 Å². The summed E-state index contributed by atoms with van der Waals surface area (Å²) in [5.41, 5.74) is 0.334. The summed E-state index contributed by atoms with van der Waals surface area (Å²) < 4.78 is 30.4. The zero-order chi connectivity index (χ0) is 25.3. The second-order valence-electron chi connectivity index (χ2n) is 7.78. The van der Waals surface area contributed by atoms with E-state index in [0.29, 0.717) is 21.0 Å². The number of hydrogen-bond acceptors (Lipinski definition) is 7. The summed E-state index contributed by atoms with van der Waals surface area (Å²) in [4.78, 5) is 39.3. The summed E-state index contributed by atoms with van der Waals surface area (Å²) >= 11 is 1.06. The van der Waals surface area contributed by atoms with E-state index >= 15 is 0 Å². The maximum absolute atomic E-state index is 13.1. The number of nitrogens with one attached hydrogen (secondary N) is 1. The molecule has 0 saturated carbocycles. The average Bonchev–Trinajstić information content (AvgIpc) is 3.30. The summed E-state index contributed by atoms with van der Waals surface area (Å²) in [6, 6.07) is 14.3. The Labute approximate surface area is 204 Å². The highest BCUT2D eigenvalue weighted by Gasteiger charge is 2.18. The number of thiophene rings is 1. The minimum absolute atomic E-state index is 0.0683. The molecule has 4 aromatic rings. The molecule has 10 nitrogen and oxygen atoms in total. The van der Waals surface area contributed by atoms with Gasteiger partial charge in [0.05, 0.1) is 28.8 Å². The smallest absolute Gasteiger partial charge is 0.332 e. The number of nitrogens with zero attached hydrogens (tertiary/aromatic N) is 2. The highest BCUT2D eigenvalue weighted by Crippen LogP contribution is 2.22. The van der Waals surface area contributed by atoms with Crippen LogP contribution in [0.1, 0.15) is 20.8 Å². The molecule has 0 atom stereocenters. The lowest BCUT2D eigenvalue weighted by Crippen LogP contribution is -2.38. The van der Waals surface area contributed by atoms with E-state index < -0.39 is 21.3 Å². The molecule has 0 aliphatic carbocycles. The monoisotopic (exact) mass is 514 g/mol. The number of primary sulfonamides is 1. The summed E-state index contributed by atoms with van der Waals surface area (Å²) in [6.45, 7) is 0.218. The molecule has 182 valence electrons. The number of aromatic nitrogens is 2. The topological polar surface area (TPSA) is 142 Å². The largest absolute Gasteiger partial charge is 0.497 e. The van der Waals surface area contributed by atoms with Gasteiger partial charge in [-0.1, -0.05) is 24.3 Å². The standard InChI is InChI=1S/C23H22N4O6S2/c1-26-22-18(11-19(34-22)20(28)25-12-14-3-7-16(33-2)8-4-14)21(29)27(23(26)30)13-15-5-9-17(10-6-15)35(24,31)32/h3-11H,12-13H2,1-2H3,(H,25,28)(H2,24,31,32). The highest BCUT2D eigenvalue weighted by atomic mass is 32.2. The number of methoxy groups -OCH3 is 1. The molecule has 0 aliphatic rings. The van der Waals surface area contributed by atoms with Crippen LogP contribution in [0.3, 0.4) is 0 Å². The van der Waals surface area contributed by atoms with Crippen LogP contribution in [0.15, 0.2) is 69.1 Å². The first-order valence-electron chi connectivity index (χ1n) is 10.3. The lowest BCUT2D eigenvalue weighted by atomic mass is 10.2. The number of hydrogen-bond donors (Lipinski definition) is 2. The van der Waals surface area contributed by atoms with E-state index in [4.69, 9.17) is 9.88 Å². The Morgan fingerprint density at radius 2 is 1.69 bits per heavy atom. The number of sulfonamides is 1. The SMILES string of the molecule is COc1ccc(CNC(=O)c2cc3c(=O)n(Cc4ccc(S(N)(=O)=O)cc4)c(=O)n(C)c3s2)cc1. The molecule has 0 fully saturated rings. The quantitative estimate of drug-likeness (QED) is 0.382. The molecular weight excluding hydrogens is 492 g/mol. The van der Waals surface area contributed by atoms with Gasteiger partial charge in [-0.3, -0.25) is 18.7 Å². The van der Waals surface area contributed by atoms with Crippen molar-refractivity contribution in [1.29, 1.82) is 0 Å². The van der Waals surface area contributed by atoms with Gasteiger partial charge in [0.25, 0.3) is 11.5 Å². The molecule has 2 aromatic carbocycles. The predicted octanol–water partition coefficient (Wildman–Crippen LogP) is 1.40. The van der Waals surface area contributed by atoms with E-state index in [-0.39, 0.29) is 29.3 Å². The number of rotatable bonds is 7. The second-order valence-corrected chi connectivity index (χ2v) is 10.4. The van der Waals surface area contributed by atoms with Crippen molar-refractivity contribution < 1.29 is 17.9 Å². The molecule has 4 rings (SSSR count). The van der Waals surface area contributed by atoms with Crippen molar-refractivity contribution in [3.63, 3.8) is 0 Å². The van der Waals surface area contributed by atoms with E-state index in [0.717, 1.165) is 21.5 Å². The Morgan fingerprint density at radius 3 is 2.29 bits per heavy atom. The molecule has 0 saturated heterocycles. The first-order chi connectivity index (χ1) is 16.6. The normalized spacial score (nSPS) is 11.5. The number of nitrogens with two attached hydrogens (primary N) is 1. The van der Waals surface area contributed by atoms with Crippen LogP contribution in [0.2, 0.25) is 0 Å². The number of ether oxygens (including phenoxy) is 1. The van der Waals surface area contributed by atoms with Crippen molar-refractivity contribution in [2.75, 3.05) is 7.11 Å². The molecular formula is C23H22N4O6S2. The van der Waals surface area contributed by atoms with Gasteiger partial charge >= 0.3 is 5.69 Å². The molecule has 0 radical (unpaired) electrons. The summed E-state index contributed by atoms with van der Waals surface area (Å²) in [5.74, 6) is 0.348. The second kappa shape index (κ2) is 9.49. The maximum atomic E-state index is 13.1. The molecule has 0 aliphatic heterocycles. The molecule has 2 heterocycles. The number of carbonyl (C=O) groups is 1. The Kier molecular flexibility index (Phi) is 6.61. The van der Waals surface area contributed by atoms with Gasteiger partial charge in [-0.2, -0.15) is 0 Å². The average molecular weight is 515 g/mol. The fourth-order valence-electron chi connectivity index (χ4n) is 3.52. The molecule has 2 aromatic heterocycles. The third kappa shape index (κ3) is 5.04. The zero-order valence-electron chi connectivity index (χ0n) is 18.8. The lowest BCUT2D eigenvalue weighted by molar-refractivity contribution is 0.0955. The molecule has 35 heavy (non-hydrogen) atoms. The van der Waals surface area contributed by atoms with E-state index in [1.165, 1.54) is 41.9 Å². The number of carbonyl (C=O) groups excluding carboxylic acids is 1. The number of aryl methyl sites for hydroxylation is 1. The van der Waals surface area contributed by atoms with Crippen LogP contribution in [0.5, 0.6) is 5.75 Å². The van der Waals surface area contributed by atoms with Gasteiger partial charge in [-0.25, -0.2) is 18.4 Å². The van der Waals surface area contributed by atoms with E-state index in [9.17, 15) is 22.8 Å². The molecule has 3 N–H and O–H groups in total. The maximum Gasteiger partial charge on any atom is 0.332 e. The first-order valence-corrected chi connectivity index (χ1v) is 12.7. The van der Waals surface area contributed by atoms with Gasteiger partial charge in [-0.15, -0.1) is 11.3 Å². The minimum atomic E-state index is -3.85. The molecule has 1 amide bonds. The highest BCUT2D eigenvalue weighted by molar-refractivity contribution is 7.89. The van der Waals surface area contributed by atoms with Crippen LogP contribution >= 0.6 is 11.3 Å². The third-order valence-corrected chi connectivity index (χ3v) is 7.58. The summed E-state index contributed by atoms with van der Waals surface area (Å²) in [7, 11) is -0.751. The van der Waals surface area contributed by atoms with E-state index in [1.54, 1.807) is 19.2 Å². The van der Waals surface area contributed by atoms with Crippen molar-refractivity contribution in [3.05, 3.63) is 91.4 Å². The number of benzene rings is 2. The fourth-order valence-corrected chi connectivity index (χ4v) is 5.05. The van der Waals surface area contributed by atoms with Crippen LogP contribution in [-0.4, -0.2) is 30.6 Å². The van der Waals surface area contributed by atoms with Gasteiger partial charge in [0.1, 0.15) is 10.6 Å². The number of amides is 1. The van der Waals surface area contributed by atoms with Crippen LogP contribution in [0.25, 0.3) is 10.2 Å². The van der Waals surface area contributed by atoms with Crippen molar-refractivity contribution in [3.8, 4) is 5.75 Å². The Balaban J connectivity index is 1.60. The first kappa shape index (κ1) is 24.4. The van der Waals surface area contributed by atoms with Crippen molar-refractivity contribution in [1.82, 2.24) is 14.5 Å². The zero-order valence-corrected chi connectivity index (χ0v) is 20.5. The van der Waals surface area contributed by atoms with Crippen LogP contribution in [0, 0.1) is 0 Å². The van der Waals surface area contributed by atoms with Gasteiger partial charge in [0.15, 0.2) is 0 Å². The summed E-state index contributed by atoms with van der Waals surface area (Å²) in [5, 5.41) is 8.17. The lowest BCUT2D eigenvalue weighted by Gasteiger charge is -2.09. The van der Waals surface area contributed by atoms with Crippen molar-refractivity contribution in [2.24, 2.45) is 12.2 Å². The van der Waals surface area contributed by atoms with Crippen molar-refractivity contribution in [2.45, 2.75) is 18.0 Å². The van der Waals surface area contributed by atoms with Gasteiger partial charge in [0.2, 0.25) is 10.0 Å². The van der Waals surface area contributed by atoms with Gasteiger partial charge in [0, 0.05) is 13.6 Å². The van der Waals surface area contributed by atoms with Crippen molar-refractivity contribution >= 4 is 37.5 Å². The third-order valence-electron chi connectivity index (χ3n) is 5.44. The molecule has 0 bridgehead atoms. The van der Waals surface area contributed by atoms with Crippen LogP contribution < -0.4 is 26.4 Å². The Morgan fingerprint density at radius 1 is 1.06 bits per heavy atom.